The molecule has 3 N–H and O–H groups in total. The lowest BCUT2D eigenvalue weighted by molar-refractivity contribution is 0.177. The Morgan fingerprint density at radius 1 is 0.647 bits per heavy atom. The predicted molar refractivity (Wildman–Crippen MR) is 204 cm³/mol. The molecule has 8 heterocycles. The van der Waals surface area contributed by atoms with Crippen molar-refractivity contribution in [1.29, 1.82) is 0 Å². The van der Waals surface area contributed by atoms with Crippen molar-refractivity contribution in [3.63, 3.8) is 0 Å². The van der Waals surface area contributed by atoms with Crippen molar-refractivity contribution in [3.05, 3.63) is 109 Å². The Kier molecular flexibility index (Phi) is 9.77. The van der Waals surface area contributed by atoms with Gasteiger partial charge >= 0.3 is 0 Å². The lowest BCUT2D eigenvalue weighted by Crippen LogP contribution is -2.33. The quantitative estimate of drug-likeness (QED) is 0.161. The second-order valence-electron chi connectivity index (χ2n) is 14.5. The summed E-state index contributed by atoms with van der Waals surface area (Å²) >= 11 is 0. The summed E-state index contributed by atoms with van der Waals surface area (Å²) in [6.45, 7) is 5.72. The van der Waals surface area contributed by atoms with Crippen molar-refractivity contribution in [3.8, 4) is 22.3 Å². The van der Waals surface area contributed by atoms with Crippen LogP contribution in [0.3, 0.4) is 0 Å². The van der Waals surface area contributed by atoms with E-state index in [-0.39, 0.29) is 0 Å². The second-order valence-corrected chi connectivity index (χ2v) is 14.5. The number of benzene rings is 1. The standard InChI is InChI=1S/C24H27N5.C17H21N5/c1-28-17-21(14-27-28)23-15-26-24-22(23)12-20(13-25-24)11-18-7-9-29(10-8-18)16-19-5-3-2-4-6-19;1-22-11-14(9-21-22)16-10-20-17-15(16)7-13(8-19-17)6-12-2-4-18-5-3-12/h2-6,12-15,17-18H,7-11,16H2,1H3,(H,25,26);7-12,18H,2-6H2,1H3,(H,19,20). The number of nitrogens with zero attached hydrogens (tertiary/aromatic N) is 7. The lowest BCUT2D eigenvalue weighted by atomic mass is 9.90. The summed E-state index contributed by atoms with van der Waals surface area (Å²) in [7, 11) is 3.89. The molecule has 2 fully saturated rings. The molecule has 2 saturated heterocycles. The second kappa shape index (κ2) is 15.0. The summed E-state index contributed by atoms with van der Waals surface area (Å²) in [5.74, 6) is 1.52. The third-order valence-electron chi connectivity index (χ3n) is 10.7. The summed E-state index contributed by atoms with van der Waals surface area (Å²) in [6.07, 6.45) is 23.3. The molecule has 2 aliphatic rings. The van der Waals surface area contributed by atoms with Crippen molar-refractivity contribution >= 4 is 22.1 Å². The molecule has 0 spiro atoms. The lowest BCUT2D eigenvalue weighted by Gasteiger charge is -2.32. The van der Waals surface area contributed by atoms with Gasteiger partial charge in [-0.15, -0.1) is 0 Å². The topological polar surface area (TPSA) is 108 Å². The Morgan fingerprint density at radius 3 is 1.69 bits per heavy atom. The number of aromatic amines is 2. The van der Waals surface area contributed by atoms with E-state index in [9.17, 15) is 0 Å². The molecule has 0 atom stereocenters. The van der Waals surface area contributed by atoms with E-state index in [0.717, 1.165) is 66.7 Å². The van der Waals surface area contributed by atoms with Gasteiger partial charge in [0.15, 0.2) is 0 Å². The molecular weight excluding hydrogens is 633 g/mol. The molecule has 0 unspecified atom stereocenters. The number of hydrogen-bond acceptors (Lipinski definition) is 6. The van der Waals surface area contributed by atoms with Gasteiger partial charge in [0.1, 0.15) is 11.3 Å². The average molecular weight is 681 g/mol. The number of aromatic nitrogens is 8. The van der Waals surface area contributed by atoms with Gasteiger partial charge in [-0.25, -0.2) is 9.97 Å². The number of piperidine rings is 2. The Bertz CT molecular complexity index is 2170. The largest absolute Gasteiger partial charge is 0.346 e. The van der Waals surface area contributed by atoms with Gasteiger partial charge in [-0.3, -0.25) is 14.3 Å². The first-order chi connectivity index (χ1) is 25.0. The molecule has 2 aliphatic heterocycles. The SMILES string of the molecule is Cn1cc(-c2c[nH]c3ncc(CC4CCN(Cc5ccccc5)CC4)cc23)cn1.Cn1cc(-c2c[nH]c3ncc(CC4CCNCC4)cc23)cn1. The monoisotopic (exact) mass is 680 g/mol. The van der Waals surface area contributed by atoms with Gasteiger partial charge in [0, 0.05) is 90.8 Å². The zero-order valence-corrected chi connectivity index (χ0v) is 29.7. The van der Waals surface area contributed by atoms with Crippen molar-refractivity contribution in [2.75, 3.05) is 26.2 Å². The van der Waals surface area contributed by atoms with Crippen LogP contribution in [-0.4, -0.2) is 70.6 Å². The number of aryl methyl sites for hydroxylation is 2. The van der Waals surface area contributed by atoms with Gasteiger partial charge in [-0.1, -0.05) is 30.3 Å². The number of fused-ring (bicyclic) bond motifs is 2. The molecule has 7 aromatic rings. The number of likely N-dealkylation sites (tertiary alicyclic amines) is 1. The van der Waals surface area contributed by atoms with Gasteiger partial charge in [-0.2, -0.15) is 10.2 Å². The predicted octanol–water partition coefficient (Wildman–Crippen LogP) is 6.92. The first-order valence-corrected chi connectivity index (χ1v) is 18.4. The molecule has 0 saturated carbocycles. The van der Waals surface area contributed by atoms with Crippen LogP contribution in [-0.2, 0) is 33.5 Å². The minimum atomic E-state index is 0.738. The zero-order chi connectivity index (χ0) is 34.6. The first kappa shape index (κ1) is 33.1. The van der Waals surface area contributed by atoms with Crippen LogP contribution in [0.1, 0.15) is 42.4 Å². The third kappa shape index (κ3) is 7.82. The van der Waals surface area contributed by atoms with Crippen LogP contribution in [0.15, 0.2) is 92.0 Å². The normalized spacial score (nSPS) is 16.1. The fourth-order valence-electron chi connectivity index (χ4n) is 7.86. The molecule has 9 rings (SSSR count). The summed E-state index contributed by atoms with van der Waals surface area (Å²) in [5.41, 5.74) is 10.6. The number of rotatable bonds is 8. The summed E-state index contributed by atoms with van der Waals surface area (Å²) in [5, 5.41) is 14.4. The van der Waals surface area contributed by atoms with Crippen molar-refractivity contribution in [2.45, 2.75) is 45.1 Å². The fraction of sp³-hybridized carbons (Fsp3) is 0.366. The van der Waals surface area contributed by atoms with Crippen molar-refractivity contribution in [2.24, 2.45) is 25.9 Å². The number of nitrogens with one attached hydrogen (secondary N) is 3. The minimum absolute atomic E-state index is 0.738. The molecule has 0 aliphatic carbocycles. The van der Waals surface area contributed by atoms with E-state index in [1.54, 1.807) is 0 Å². The highest BCUT2D eigenvalue weighted by Gasteiger charge is 2.21. The van der Waals surface area contributed by atoms with Crippen molar-refractivity contribution in [1.82, 2.24) is 49.7 Å². The van der Waals surface area contributed by atoms with E-state index >= 15 is 0 Å². The summed E-state index contributed by atoms with van der Waals surface area (Å²) < 4.78 is 3.68. The molecule has 1 aromatic carbocycles. The maximum atomic E-state index is 4.68. The van der Waals surface area contributed by atoms with Gasteiger partial charge in [0.2, 0.25) is 0 Å². The van der Waals surface area contributed by atoms with Crippen LogP contribution >= 0.6 is 0 Å². The molecule has 0 bridgehead atoms. The first-order valence-electron chi connectivity index (χ1n) is 18.4. The van der Waals surface area contributed by atoms with Gasteiger partial charge in [0.25, 0.3) is 0 Å². The van der Waals surface area contributed by atoms with E-state index < -0.39 is 0 Å². The van der Waals surface area contributed by atoms with Gasteiger partial charge in [0.05, 0.1) is 12.4 Å². The van der Waals surface area contributed by atoms with Crippen LogP contribution in [0.25, 0.3) is 44.3 Å². The van der Waals surface area contributed by atoms with Crippen LogP contribution in [0, 0.1) is 11.8 Å². The maximum absolute atomic E-state index is 4.68. The molecule has 10 nitrogen and oxygen atoms in total. The minimum Gasteiger partial charge on any atom is -0.346 e. The van der Waals surface area contributed by atoms with Gasteiger partial charge < -0.3 is 15.3 Å². The maximum Gasteiger partial charge on any atom is 0.137 e. The van der Waals surface area contributed by atoms with E-state index in [1.807, 2.05) is 66.8 Å². The van der Waals surface area contributed by atoms with Gasteiger partial charge in [-0.05, 0) is 105 Å². The molecule has 51 heavy (non-hydrogen) atoms. The smallest absolute Gasteiger partial charge is 0.137 e. The Hall–Kier alpha value is -5.06. The summed E-state index contributed by atoms with van der Waals surface area (Å²) in [6, 6.07) is 15.4. The van der Waals surface area contributed by atoms with E-state index in [0.29, 0.717) is 0 Å². The van der Waals surface area contributed by atoms with Crippen molar-refractivity contribution < 1.29 is 0 Å². The number of pyridine rings is 2. The third-order valence-corrected chi connectivity index (χ3v) is 10.7. The van der Waals surface area contributed by atoms with Crippen LogP contribution < -0.4 is 5.32 Å². The molecule has 262 valence electrons. The Morgan fingerprint density at radius 2 is 1.18 bits per heavy atom. The highest BCUT2D eigenvalue weighted by Crippen LogP contribution is 2.31. The highest BCUT2D eigenvalue weighted by molar-refractivity contribution is 5.94. The molecule has 0 amide bonds. The fourth-order valence-corrected chi connectivity index (χ4v) is 7.86. The van der Waals surface area contributed by atoms with Crippen LogP contribution in [0.4, 0.5) is 0 Å². The van der Waals surface area contributed by atoms with E-state index in [1.165, 1.54) is 77.4 Å². The Balaban J connectivity index is 0.000000152. The summed E-state index contributed by atoms with van der Waals surface area (Å²) in [4.78, 5) is 18.4. The Labute approximate surface area is 299 Å². The van der Waals surface area contributed by atoms with Crippen LogP contribution in [0.5, 0.6) is 0 Å². The van der Waals surface area contributed by atoms with Crippen LogP contribution in [0.2, 0.25) is 0 Å². The molecule has 0 radical (unpaired) electrons. The zero-order valence-electron chi connectivity index (χ0n) is 29.7. The average Bonchev–Trinajstić information content (AvgIpc) is 3.97. The van der Waals surface area contributed by atoms with E-state index in [2.05, 4.69) is 89.0 Å². The number of H-pyrrole nitrogens is 2. The van der Waals surface area contributed by atoms with E-state index in [4.69, 9.17) is 0 Å². The molecule has 10 heteroatoms. The molecular formula is C41H48N10. The number of hydrogen-bond donors (Lipinski definition) is 3. The highest BCUT2D eigenvalue weighted by atomic mass is 15.2. The molecule has 6 aromatic heterocycles.